The molecule has 1 aliphatic heterocycles. The third-order valence-corrected chi connectivity index (χ3v) is 5.66. The molecular weight excluding hydrogens is 374 g/mol. The molecule has 0 saturated carbocycles. The first kappa shape index (κ1) is 20.5. The molecule has 1 aromatic heterocycles. The molecule has 1 aromatic carbocycles. The number of carbonyl (C=O) groups excluding carboxylic acids is 2. The number of amides is 2. The number of nitrogens with zero attached hydrogens (tertiary/aromatic N) is 2. The van der Waals surface area contributed by atoms with Crippen molar-refractivity contribution in [1.82, 2.24) is 15.1 Å². The maximum atomic E-state index is 12.7. The molecule has 0 bridgehead atoms. The van der Waals surface area contributed by atoms with Crippen LogP contribution in [0.5, 0.6) is 0 Å². The standard InChI is InChI=1S/C21H27N3O3S/c1-16-5-7-17(8-6-16)21(18-4-3-13-28-18)22-19(25)14-23(2)15-20(26)24-9-11-27-12-10-24/h3-8,13,21H,9-12,14-15H2,1-2H3,(H,22,25). The summed E-state index contributed by atoms with van der Waals surface area (Å²) in [5.74, 6) is -0.0665. The van der Waals surface area contributed by atoms with Gasteiger partial charge in [-0.05, 0) is 31.0 Å². The molecule has 1 saturated heterocycles. The number of carbonyl (C=O) groups is 2. The number of rotatable bonds is 7. The first-order chi connectivity index (χ1) is 13.5. The molecule has 28 heavy (non-hydrogen) atoms. The Morgan fingerprint density at radius 3 is 2.54 bits per heavy atom. The van der Waals surface area contributed by atoms with E-state index in [1.165, 1.54) is 5.56 Å². The second kappa shape index (κ2) is 9.82. The van der Waals surface area contributed by atoms with Crippen LogP contribution in [-0.2, 0) is 14.3 Å². The van der Waals surface area contributed by atoms with E-state index in [4.69, 9.17) is 4.74 Å². The van der Waals surface area contributed by atoms with Crippen LogP contribution in [0.1, 0.15) is 22.0 Å². The smallest absolute Gasteiger partial charge is 0.236 e. The minimum atomic E-state index is -0.184. The molecule has 3 rings (SSSR count). The van der Waals surface area contributed by atoms with Gasteiger partial charge in [-0.3, -0.25) is 14.5 Å². The molecule has 7 heteroatoms. The number of nitrogens with one attached hydrogen (secondary N) is 1. The van der Waals surface area contributed by atoms with Crippen molar-refractivity contribution >= 4 is 23.2 Å². The van der Waals surface area contributed by atoms with Crippen LogP contribution >= 0.6 is 11.3 Å². The summed E-state index contributed by atoms with van der Waals surface area (Å²) in [4.78, 5) is 29.7. The number of hydrogen-bond donors (Lipinski definition) is 1. The van der Waals surface area contributed by atoms with Crippen LogP contribution in [0.15, 0.2) is 41.8 Å². The molecule has 1 N–H and O–H groups in total. The van der Waals surface area contributed by atoms with Gasteiger partial charge in [-0.15, -0.1) is 11.3 Å². The third kappa shape index (κ3) is 5.64. The topological polar surface area (TPSA) is 61.9 Å². The molecule has 1 unspecified atom stereocenters. The maximum absolute atomic E-state index is 12.7. The highest BCUT2D eigenvalue weighted by molar-refractivity contribution is 7.10. The van der Waals surface area contributed by atoms with Gasteiger partial charge in [0, 0.05) is 18.0 Å². The summed E-state index contributed by atoms with van der Waals surface area (Å²) >= 11 is 1.62. The summed E-state index contributed by atoms with van der Waals surface area (Å²) < 4.78 is 5.28. The number of benzene rings is 1. The van der Waals surface area contributed by atoms with Crippen LogP contribution in [-0.4, -0.2) is 68.1 Å². The summed E-state index contributed by atoms with van der Waals surface area (Å²) in [6, 6.07) is 12.0. The highest BCUT2D eigenvalue weighted by Gasteiger charge is 2.21. The molecule has 0 aliphatic carbocycles. The Morgan fingerprint density at radius 2 is 1.89 bits per heavy atom. The molecule has 2 amide bonds. The van der Waals surface area contributed by atoms with E-state index >= 15 is 0 Å². The minimum Gasteiger partial charge on any atom is -0.378 e. The van der Waals surface area contributed by atoms with Gasteiger partial charge < -0.3 is 15.0 Å². The van der Waals surface area contributed by atoms with Crippen LogP contribution in [0, 0.1) is 6.92 Å². The second-order valence-electron chi connectivity index (χ2n) is 7.09. The van der Waals surface area contributed by atoms with Gasteiger partial charge >= 0.3 is 0 Å². The quantitative estimate of drug-likeness (QED) is 0.771. The van der Waals surface area contributed by atoms with Crippen LogP contribution in [0.4, 0.5) is 0 Å². The Bertz CT molecular complexity index is 771. The largest absolute Gasteiger partial charge is 0.378 e. The monoisotopic (exact) mass is 401 g/mol. The van der Waals surface area contributed by atoms with Crippen molar-refractivity contribution < 1.29 is 14.3 Å². The molecule has 2 aromatic rings. The molecule has 150 valence electrons. The van der Waals surface area contributed by atoms with Gasteiger partial charge in [-0.25, -0.2) is 0 Å². The lowest BCUT2D eigenvalue weighted by atomic mass is 10.0. The minimum absolute atomic E-state index is 0.0342. The fraction of sp³-hybridized carbons (Fsp3) is 0.429. The van der Waals surface area contributed by atoms with E-state index in [-0.39, 0.29) is 30.9 Å². The highest BCUT2D eigenvalue weighted by Crippen LogP contribution is 2.26. The Hall–Kier alpha value is -2.22. The van der Waals surface area contributed by atoms with E-state index in [1.54, 1.807) is 28.2 Å². The van der Waals surface area contributed by atoms with Crippen molar-refractivity contribution in [2.45, 2.75) is 13.0 Å². The first-order valence-electron chi connectivity index (χ1n) is 9.46. The van der Waals surface area contributed by atoms with Crippen LogP contribution in [0.2, 0.25) is 0 Å². The summed E-state index contributed by atoms with van der Waals surface area (Å²) in [6.07, 6.45) is 0. The number of hydrogen-bond acceptors (Lipinski definition) is 5. The second-order valence-corrected chi connectivity index (χ2v) is 8.07. The first-order valence-corrected chi connectivity index (χ1v) is 10.3. The average Bonchev–Trinajstić information content (AvgIpc) is 3.22. The van der Waals surface area contributed by atoms with E-state index in [0.29, 0.717) is 26.3 Å². The van der Waals surface area contributed by atoms with E-state index in [1.807, 2.05) is 36.6 Å². The van der Waals surface area contributed by atoms with Crippen molar-refractivity contribution in [2.75, 3.05) is 46.4 Å². The normalized spacial score (nSPS) is 15.5. The molecule has 1 aliphatic rings. The molecular formula is C21H27N3O3S. The van der Waals surface area contributed by atoms with Gasteiger partial charge in [0.2, 0.25) is 11.8 Å². The summed E-state index contributed by atoms with van der Waals surface area (Å²) in [5, 5.41) is 5.13. The Balaban J connectivity index is 1.58. The predicted molar refractivity (Wildman–Crippen MR) is 110 cm³/mol. The van der Waals surface area contributed by atoms with Crippen molar-refractivity contribution in [2.24, 2.45) is 0 Å². The summed E-state index contributed by atoms with van der Waals surface area (Å²) in [5.41, 5.74) is 2.23. The zero-order chi connectivity index (χ0) is 19.9. The van der Waals surface area contributed by atoms with Gasteiger partial charge in [0.1, 0.15) is 0 Å². The molecule has 1 atom stereocenters. The molecule has 6 nitrogen and oxygen atoms in total. The van der Waals surface area contributed by atoms with Crippen molar-refractivity contribution in [3.8, 4) is 0 Å². The predicted octanol–water partition coefficient (Wildman–Crippen LogP) is 2.05. The maximum Gasteiger partial charge on any atom is 0.236 e. The fourth-order valence-electron chi connectivity index (χ4n) is 3.18. The van der Waals surface area contributed by atoms with Crippen LogP contribution in [0.3, 0.4) is 0 Å². The number of morpholine rings is 1. The SMILES string of the molecule is Cc1ccc(C(NC(=O)CN(C)CC(=O)N2CCOCC2)c2cccs2)cc1. The van der Waals surface area contributed by atoms with Crippen molar-refractivity contribution in [3.05, 3.63) is 57.8 Å². The zero-order valence-corrected chi connectivity index (χ0v) is 17.2. The number of ether oxygens (including phenoxy) is 1. The van der Waals surface area contributed by atoms with Gasteiger partial charge in [0.05, 0.1) is 32.3 Å². The number of thiophene rings is 1. The van der Waals surface area contributed by atoms with E-state index in [9.17, 15) is 9.59 Å². The van der Waals surface area contributed by atoms with Gasteiger partial charge in [0.15, 0.2) is 0 Å². The fourth-order valence-corrected chi connectivity index (χ4v) is 3.99. The van der Waals surface area contributed by atoms with E-state index < -0.39 is 0 Å². The van der Waals surface area contributed by atoms with Gasteiger partial charge in [0.25, 0.3) is 0 Å². The molecule has 0 radical (unpaired) electrons. The molecule has 2 heterocycles. The van der Waals surface area contributed by atoms with Crippen LogP contribution < -0.4 is 5.32 Å². The van der Waals surface area contributed by atoms with E-state index in [2.05, 4.69) is 17.4 Å². The summed E-state index contributed by atoms with van der Waals surface area (Å²) in [6.45, 7) is 4.83. The lowest BCUT2D eigenvalue weighted by Crippen LogP contribution is -2.46. The average molecular weight is 402 g/mol. The summed E-state index contributed by atoms with van der Waals surface area (Å²) in [7, 11) is 1.80. The highest BCUT2D eigenvalue weighted by atomic mass is 32.1. The lowest BCUT2D eigenvalue weighted by molar-refractivity contribution is -0.136. The van der Waals surface area contributed by atoms with Gasteiger partial charge in [-0.2, -0.15) is 0 Å². The van der Waals surface area contributed by atoms with Crippen molar-refractivity contribution in [1.29, 1.82) is 0 Å². The van der Waals surface area contributed by atoms with Crippen molar-refractivity contribution in [3.63, 3.8) is 0 Å². The Kier molecular flexibility index (Phi) is 7.19. The van der Waals surface area contributed by atoms with E-state index in [0.717, 1.165) is 10.4 Å². The Morgan fingerprint density at radius 1 is 1.18 bits per heavy atom. The number of likely N-dealkylation sites (N-methyl/N-ethyl adjacent to an activating group) is 1. The third-order valence-electron chi connectivity index (χ3n) is 4.73. The molecule has 1 fully saturated rings. The Labute approximate surface area is 170 Å². The zero-order valence-electron chi connectivity index (χ0n) is 16.4. The van der Waals surface area contributed by atoms with Crippen LogP contribution in [0.25, 0.3) is 0 Å². The number of aryl methyl sites for hydroxylation is 1. The van der Waals surface area contributed by atoms with Gasteiger partial charge in [-0.1, -0.05) is 35.9 Å². The lowest BCUT2D eigenvalue weighted by Gasteiger charge is -2.28. The molecule has 0 spiro atoms.